The second-order valence-electron chi connectivity index (χ2n) is 5.45. The summed E-state index contributed by atoms with van der Waals surface area (Å²) in [5.74, 6) is -1.42. The van der Waals surface area contributed by atoms with Crippen LogP contribution in [0.5, 0.6) is 0 Å². The Labute approximate surface area is 98.8 Å². The molecule has 0 aromatic rings. The van der Waals surface area contributed by atoms with Crippen LogP contribution >= 0.6 is 0 Å². The number of likely N-dealkylation sites (tertiary alicyclic amines) is 1. The fourth-order valence-corrected chi connectivity index (χ4v) is 3.92. The summed E-state index contributed by atoms with van der Waals surface area (Å²) in [5.41, 5.74) is 0. The van der Waals surface area contributed by atoms with Crippen LogP contribution in [0.4, 0.5) is 0 Å². The molecule has 0 aromatic heterocycles. The van der Waals surface area contributed by atoms with E-state index in [1.807, 2.05) is 0 Å². The Morgan fingerprint density at radius 1 is 1.24 bits per heavy atom. The lowest BCUT2D eigenvalue weighted by atomic mass is 9.81. The van der Waals surface area contributed by atoms with E-state index >= 15 is 0 Å². The molecular weight excluding hydrogens is 222 g/mol. The van der Waals surface area contributed by atoms with Crippen LogP contribution < -0.4 is 0 Å². The van der Waals surface area contributed by atoms with Gasteiger partial charge in [0.25, 0.3) is 0 Å². The van der Waals surface area contributed by atoms with E-state index in [9.17, 15) is 14.4 Å². The number of carboxylic acids is 1. The zero-order valence-corrected chi connectivity index (χ0v) is 9.63. The molecule has 0 unspecified atom stereocenters. The van der Waals surface area contributed by atoms with Gasteiger partial charge in [-0.2, -0.15) is 0 Å². The van der Waals surface area contributed by atoms with Gasteiger partial charge in [-0.1, -0.05) is 0 Å². The Hall–Kier alpha value is -1.39. The molecule has 2 saturated carbocycles. The highest BCUT2D eigenvalue weighted by atomic mass is 16.4. The van der Waals surface area contributed by atoms with Gasteiger partial charge in [-0.3, -0.25) is 14.5 Å². The maximum atomic E-state index is 12.2. The lowest BCUT2D eigenvalue weighted by Gasteiger charge is -2.20. The molecule has 2 amide bonds. The molecule has 5 heteroatoms. The van der Waals surface area contributed by atoms with Crippen molar-refractivity contribution in [3.63, 3.8) is 0 Å². The summed E-state index contributed by atoms with van der Waals surface area (Å²) < 4.78 is 0. The first-order valence-corrected chi connectivity index (χ1v) is 6.12. The highest BCUT2D eigenvalue weighted by Gasteiger charge is 2.62. The third-order valence-electron chi connectivity index (χ3n) is 4.71. The molecule has 3 fully saturated rings. The fourth-order valence-electron chi connectivity index (χ4n) is 3.92. The van der Waals surface area contributed by atoms with Gasteiger partial charge in [0.1, 0.15) is 6.04 Å². The van der Waals surface area contributed by atoms with Crippen LogP contribution in [0.15, 0.2) is 0 Å². The van der Waals surface area contributed by atoms with Crippen molar-refractivity contribution in [2.75, 3.05) is 0 Å². The van der Waals surface area contributed by atoms with Gasteiger partial charge in [-0.15, -0.1) is 0 Å². The normalized spacial score (nSPS) is 40.9. The lowest BCUT2D eigenvalue weighted by molar-refractivity contribution is -0.154. The Kier molecular flexibility index (Phi) is 2.09. The van der Waals surface area contributed by atoms with Gasteiger partial charge in [-0.25, -0.2) is 4.79 Å². The predicted molar refractivity (Wildman–Crippen MR) is 56.8 cm³/mol. The predicted octanol–water partition coefficient (Wildman–Crippen LogP) is 0.491. The SMILES string of the molecule is C[C@@H](C(=O)O)N1C(=O)[C@@H]2[C@H]3CC[C@H](C3)[C@@H]2C1=O. The van der Waals surface area contributed by atoms with Crippen LogP contribution in [-0.4, -0.2) is 33.8 Å². The molecule has 1 aliphatic heterocycles. The first-order valence-electron chi connectivity index (χ1n) is 6.12. The first kappa shape index (κ1) is 10.7. The zero-order valence-electron chi connectivity index (χ0n) is 9.63. The molecular formula is C12H15NO4. The average Bonchev–Trinajstić information content (AvgIpc) is 2.92. The molecule has 1 saturated heterocycles. The van der Waals surface area contributed by atoms with Crippen LogP contribution in [-0.2, 0) is 14.4 Å². The minimum Gasteiger partial charge on any atom is -0.480 e. The minimum absolute atomic E-state index is 0.219. The fraction of sp³-hybridized carbons (Fsp3) is 0.750. The van der Waals surface area contributed by atoms with Crippen molar-refractivity contribution in [2.24, 2.45) is 23.7 Å². The topological polar surface area (TPSA) is 74.7 Å². The molecule has 3 aliphatic rings. The summed E-state index contributed by atoms with van der Waals surface area (Å²) >= 11 is 0. The van der Waals surface area contributed by atoms with Crippen LogP contribution in [0.1, 0.15) is 26.2 Å². The molecule has 2 aliphatic carbocycles. The van der Waals surface area contributed by atoms with E-state index in [1.165, 1.54) is 6.92 Å². The largest absolute Gasteiger partial charge is 0.480 e. The van der Waals surface area contributed by atoms with Gasteiger partial charge in [0.15, 0.2) is 0 Å². The number of hydrogen-bond acceptors (Lipinski definition) is 3. The number of aliphatic carboxylic acids is 1. The molecule has 3 rings (SSSR count). The summed E-state index contributed by atoms with van der Waals surface area (Å²) in [4.78, 5) is 36.3. The lowest BCUT2D eigenvalue weighted by Crippen LogP contribution is -2.44. The first-order chi connectivity index (χ1) is 8.02. The van der Waals surface area contributed by atoms with Gasteiger partial charge in [-0.05, 0) is 38.0 Å². The maximum absolute atomic E-state index is 12.2. The Bertz CT molecular complexity index is 391. The minimum atomic E-state index is -1.11. The van der Waals surface area contributed by atoms with Crippen molar-refractivity contribution in [1.82, 2.24) is 4.90 Å². The summed E-state index contributed by atoms with van der Waals surface area (Å²) in [6, 6.07) is -1.03. The Balaban J connectivity index is 1.93. The number of rotatable bonds is 2. The molecule has 17 heavy (non-hydrogen) atoms. The van der Waals surface area contributed by atoms with E-state index < -0.39 is 12.0 Å². The van der Waals surface area contributed by atoms with Crippen LogP contribution in [0.25, 0.3) is 0 Å². The van der Waals surface area contributed by atoms with E-state index in [0.29, 0.717) is 11.8 Å². The van der Waals surface area contributed by atoms with E-state index in [-0.39, 0.29) is 23.7 Å². The average molecular weight is 237 g/mol. The highest BCUT2D eigenvalue weighted by molar-refractivity contribution is 6.08. The van der Waals surface area contributed by atoms with Gasteiger partial charge >= 0.3 is 5.97 Å². The van der Waals surface area contributed by atoms with Crippen LogP contribution in [0, 0.1) is 23.7 Å². The quantitative estimate of drug-likeness (QED) is 0.709. The number of hydrogen-bond donors (Lipinski definition) is 1. The number of carbonyl (C=O) groups excluding carboxylic acids is 2. The van der Waals surface area contributed by atoms with E-state index in [0.717, 1.165) is 24.2 Å². The summed E-state index contributed by atoms with van der Waals surface area (Å²) in [7, 11) is 0. The van der Waals surface area contributed by atoms with E-state index in [4.69, 9.17) is 5.11 Å². The Morgan fingerprint density at radius 2 is 1.71 bits per heavy atom. The van der Waals surface area contributed by atoms with Gasteiger partial charge in [0.2, 0.25) is 11.8 Å². The molecule has 5 atom stereocenters. The van der Waals surface area contributed by atoms with Crippen LogP contribution in [0.2, 0.25) is 0 Å². The summed E-state index contributed by atoms with van der Waals surface area (Å²) in [6.07, 6.45) is 3.00. The second kappa shape index (κ2) is 3.31. The maximum Gasteiger partial charge on any atom is 0.326 e. The standard InChI is InChI=1S/C12H15NO4/c1-5(12(16)17)13-10(14)8-6-2-3-7(4-6)9(8)11(13)15/h5-9H,2-4H2,1H3,(H,16,17)/t5-,6-,7+,8+,9-/m0/s1. The number of carboxylic acid groups (broad SMARTS) is 1. The van der Waals surface area contributed by atoms with Crippen LogP contribution in [0.3, 0.4) is 0 Å². The third kappa shape index (κ3) is 1.22. The van der Waals surface area contributed by atoms with Crippen molar-refractivity contribution >= 4 is 17.8 Å². The van der Waals surface area contributed by atoms with Gasteiger partial charge in [0.05, 0.1) is 11.8 Å². The highest BCUT2D eigenvalue weighted by Crippen LogP contribution is 2.56. The number of amides is 2. The molecule has 1 N–H and O–H groups in total. The monoisotopic (exact) mass is 237 g/mol. The smallest absolute Gasteiger partial charge is 0.326 e. The molecule has 2 bridgehead atoms. The molecule has 0 radical (unpaired) electrons. The van der Waals surface area contributed by atoms with Crippen molar-refractivity contribution in [3.05, 3.63) is 0 Å². The number of fused-ring (bicyclic) bond motifs is 5. The van der Waals surface area contributed by atoms with Crippen molar-refractivity contribution in [1.29, 1.82) is 0 Å². The van der Waals surface area contributed by atoms with Gasteiger partial charge < -0.3 is 5.11 Å². The number of imide groups is 1. The van der Waals surface area contributed by atoms with Crippen molar-refractivity contribution in [2.45, 2.75) is 32.2 Å². The second-order valence-corrected chi connectivity index (χ2v) is 5.45. The summed E-state index contributed by atoms with van der Waals surface area (Å²) in [6.45, 7) is 1.40. The molecule has 1 heterocycles. The molecule has 0 spiro atoms. The summed E-state index contributed by atoms with van der Waals surface area (Å²) in [5, 5.41) is 8.94. The van der Waals surface area contributed by atoms with Gasteiger partial charge in [0, 0.05) is 0 Å². The van der Waals surface area contributed by atoms with E-state index in [2.05, 4.69) is 0 Å². The molecule has 5 nitrogen and oxygen atoms in total. The van der Waals surface area contributed by atoms with Crippen molar-refractivity contribution in [3.8, 4) is 0 Å². The molecule has 0 aromatic carbocycles. The van der Waals surface area contributed by atoms with E-state index in [1.54, 1.807) is 0 Å². The number of carbonyl (C=O) groups is 3. The molecule has 92 valence electrons. The zero-order chi connectivity index (χ0) is 12.3. The number of nitrogens with zero attached hydrogens (tertiary/aromatic N) is 1. The van der Waals surface area contributed by atoms with Crippen molar-refractivity contribution < 1.29 is 19.5 Å². The Morgan fingerprint density at radius 3 is 2.12 bits per heavy atom. The third-order valence-corrected chi connectivity index (χ3v) is 4.71.